The molecule has 0 aliphatic carbocycles. The van der Waals surface area contributed by atoms with Gasteiger partial charge in [0, 0.05) is 27.9 Å². The largest absolute Gasteiger partial charge is 0.399 e. The first-order valence-electron chi connectivity index (χ1n) is 10.6. The van der Waals surface area contributed by atoms with Crippen LogP contribution in [0, 0.1) is 13.8 Å². The van der Waals surface area contributed by atoms with Crippen LogP contribution in [0.2, 0.25) is 5.02 Å². The van der Waals surface area contributed by atoms with E-state index in [1.54, 1.807) is 13.3 Å². The molecule has 0 saturated carbocycles. The molecule has 0 radical (unpaired) electrons. The second kappa shape index (κ2) is 9.88. The number of aryl methyl sites for hydroxylation is 3. The molecule has 0 amide bonds. The molecule has 5 nitrogen and oxygen atoms in total. The Labute approximate surface area is 193 Å². The second-order valence-corrected chi connectivity index (χ2v) is 8.13. The monoisotopic (exact) mass is 444 g/mol. The Kier molecular flexibility index (Phi) is 6.76. The molecular weight excluding hydrogens is 420 g/mol. The highest BCUT2D eigenvalue weighted by molar-refractivity contribution is 6.30. The van der Waals surface area contributed by atoms with Gasteiger partial charge < -0.3 is 4.84 Å². The number of oxime groups is 1. The number of unbranched alkanes of at least 4 members (excludes halogenated alkanes) is 1. The maximum atomic E-state index is 6.30. The number of pyridine rings is 1. The molecule has 0 saturated heterocycles. The molecule has 0 spiro atoms. The molecule has 6 heteroatoms. The lowest BCUT2D eigenvalue weighted by Gasteiger charge is -2.14. The smallest absolute Gasteiger partial charge is 0.179 e. The van der Waals surface area contributed by atoms with E-state index in [1.807, 2.05) is 31.2 Å². The van der Waals surface area contributed by atoms with Crippen molar-refractivity contribution in [1.82, 2.24) is 15.0 Å². The fourth-order valence-corrected chi connectivity index (χ4v) is 4.15. The number of benzene rings is 2. The van der Waals surface area contributed by atoms with E-state index in [9.17, 15) is 0 Å². The van der Waals surface area contributed by atoms with Gasteiger partial charge in [0.05, 0.1) is 11.2 Å². The summed E-state index contributed by atoms with van der Waals surface area (Å²) < 4.78 is 0. The molecule has 0 atom stereocenters. The van der Waals surface area contributed by atoms with Crippen molar-refractivity contribution in [3.63, 3.8) is 0 Å². The number of nitrogens with zero attached hydrogens (tertiary/aromatic N) is 4. The molecule has 2 aromatic carbocycles. The van der Waals surface area contributed by atoms with E-state index in [-0.39, 0.29) is 0 Å². The molecule has 2 aromatic heterocycles. The van der Waals surface area contributed by atoms with Crippen LogP contribution in [0.25, 0.3) is 33.7 Å². The highest BCUT2D eigenvalue weighted by Gasteiger charge is 2.16. The van der Waals surface area contributed by atoms with E-state index in [0.717, 1.165) is 52.7 Å². The lowest BCUT2D eigenvalue weighted by molar-refractivity contribution is 0.214. The molecule has 0 fully saturated rings. The fourth-order valence-electron chi connectivity index (χ4n) is 3.89. The normalized spacial score (nSPS) is 11.4. The summed E-state index contributed by atoms with van der Waals surface area (Å²) in [5.41, 5.74) is 6.81. The molecule has 162 valence electrons. The average Bonchev–Trinajstić information content (AvgIpc) is 2.78. The Hall–Kier alpha value is -3.31. The topological polar surface area (TPSA) is 60.3 Å². The second-order valence-electron chi connectivity index (χ2n) is 7.70. The van der Waals surface area contributed by atoms with Gasteiger partial charge in [-0.05, 0) is 62.4 Å². The van der Waals surface area contributed by atoms with Crippen LogP contribution in [-0.2, 0) is 11.3 Å². The fraction of sp³-hybridized carbons (Fsp3) is 0.231. The molecular formula is C26H25ClN4O. The van der Waals surface area contributed by atoms with Gasteiger partial charge in [-0.2, -0.15) is 0 Å². The van der Waals surface area contributed by atoms with Crippen LogP contribution in [0.3, 0.4) is 0 Å². The molecule has 0 aliphatic heterocycles. The Morgan fingerprint density at radius 2 is 1.84 bits per heavy atom. The van der Waals surface area contributed by atoms with Gasteiger partial charge in [-0.15, -0.1) is 0 Å². The van der Waals surface area contributed by atoms with Crippen LogP contribution in [0.1, 0.15) is 29.7 Å². The molecule has 0 unspecified atom stereocenters. The zero-order valence-corrected chi connectivity index (χ0v) is 19.2. The molecule has 32 heavy (non-hydrogen) atoms. The van der Waals surface area contributed by atoms with Gasteiger partial charge in [0.25, 0.3) is 0 Å². The summed E-state index contributed by atoms with van der Waals surface area (Å²) in [5.74, 6) is 0.575. The van der Waals surface area contributed by atoms with Gasteiger partial charge in [-0.25, -0.2) is 15.0 Å². The van der Waals surface area contributed by atoms with Crippen molar-refractivity contribution in [2.24, 2.45) is 5.16 Å². The molecule has 2 heterocycles. The summed E-state index contributed by atoms with van der Waals surface area (Å²) in [4.78, 5) is 19.3. The lowest BCUT2D eigenvalue weighted by Crippen LogP contribution is -2.00. The Morgan fingerprint density at radius 3 is 2.66 bits per heavy atom. The Bertz CT molecular complexity index is 1270. The summed E-state index contributed by atoms with van der Waals surface area (Å²) >= 11 is 6.30. The number of hydrogen-bond acceptors (Lipinski definition) is 5. The van der Waals surface area contributed by atoms with Gasteiger partial charge in [0.1, 0.15) is 12.8 Å². The van der Waals surface area contributed by atoms with Gasteiger partial charge in [-0.3, -0.25) is 0 Å². The highest BCUT2D eigenvalue weighted by Crippen LogP contribution is 2.33. The van der Waals surface area contributed by atoms with E-state index in [4.69, 9.17) is 26.4 Å². The van der Waals surface area contributed by atoms with Crippen LogP contribution in [-0.4, -0.2) is 28.3 Å². The van der Waals surface area contributed by atoms with Gasteiger partial charge in [0.2, 0.25) is 0 Å². The number of rotatable bonds is 7. The van der Waals surface area contributed by atoms with E-state index in [0.29, 0.717) is 16.5 Å². The van der Waals surface area contributed by atoms with Gasteiger partial charge in [-0.1, -0.05) is 53.2 Å². The SMILES string of the molecule is CON=CCCCc1ccccc1-c1nc(-c2cc(Cl)cc(C)n2)nc2cccc(C)c12. The van der Waals surface area contributed by atoms with Crippen molar-refractivity contribution in [1.29, 1.82) is 0 Å². The van der Waals surface area contributed by atoms with Crippen molar-refractivity contribution in [2.75, 3.05) is 7.11 Å². The molecule has 0 N–H and O–H groups in total. The van der Waals surface area contributed by atoms with Crippen LogP contribution >= 0.6 is 11.6 Å². The van der Waals surface area contributed by atoms with Crippen LogP contribution in [0.5, 0.6) is 0 Å². The minimum Gasteiger partial charge on any atom is -0.399 e. The first kappa shape index (κ1) is 21.9. The quantitative estimate of drug-likeness (QED) is 0.183. The number of fused-ring (bicyclic) bond motifs is 1. The van der Waals surface area contributed by atoms with Gasteiger partial charge in [0.15, 0.2) is 5.82 Å². The molecule has 4 rings (SSSR count). The zero-order valence-electron chi connectivity index (χ0n) is 18.5. The Morgan fingerprint density at radius 1 is 1.00 bits per heavy atom. The van der Waals surface area contributed by atoms with Crippen molar-refractivity contribution in [3.05, 3.63) is 76.4 Å². The molecule has 0 aliphatic rings. The van der Waals surface area contributed by atoms with Crippen LogP contribution in [0.4, 0.5) is 0 Å². The highest BCUT2D eigenvalue weighted by atomic mass is 35.5. The predicted molar refractivity (Wildman–Crippen MR) is 131 cm³/mol. The predicted octanol–water partition coefficient (Wildman–Crippen LogP) is 6.58. The minimum atomic E-state index is 0.575. The summed E-state index contributed by atoms with van der Waals surface area (Å²) in [6.45, 7) is 4.02. The number of halogens is 1. The van der Waals surface area contributed by atoms with Crippen molar-refractivity contribution in [3.8, 4) is 22.8 Å². The van der Waals surface area contributed by atoms with E-state index in [2.05, 4.69) is 47.4 Å². The minimum absolute atomic E-state index is 0.575. The molecule has 4 aromatic rings. The van der Waals surface area contributed by atoms with E-state index in [1.165, 1.54) is 5.56 Å². The third kappa shape index (κ3) is 4.78. The summed E-state index contributed by atoms with van der Waals surface area (Å²) in [5, 5.41) is 5.52. The number of hydrogen-bond donors (Lipinski definition) is 0. The maximum Gasteiger partial charge on any atom is 0.179 e. The van der Waals surface area contributed by atoms with Crippen LogP contribution < -0.4 is 0 Å². The van der Waals surface area contributed by atoms with E-state index < -0.39 is 0 Å². The van der Waals surface area contributed by atoms with Crippen molar-refractivity contribution < 1.29 is 4.84 Å². The van der Waals surface area contributed by atoms with Gasteiger partial charge >= 0.3 is 0 Å². The third-order valence-electron chi connectivity index (χ3n) is 5.31. The average molecular weight is 445 g/mol. The van der Waals surface area contributed by atoms with E-state index >= 15 is 0 Å². The standard InChI is InChI=1S/C26H25ClN4O/c1-17-9-8-13-22-24(17)25(31-26(30-22)23-16-20(27)15-18(2)29-23)21-12-5-4-10-19(21)11-6-7-14-28-32-3/h4-5,8-10,12-16H,6-7,11H2,1-3H3. The third-order valence-corrected chi connectivity index (χ3v) is 5.53. The first-order valence-corrected chi connectivity index (χ1v) is 11.0. The lowest BCUT2D eigenvalue weighted by atomic mass is 9.95. The maximum absolute atomic E-state index is 6.30. The van der Waals surface area contributed by atoms with Crippen molar-refractivity contribution in [2.45, 2.75) is 33.1 Å². The zero-order chi connectivity index (χ0) is 22.5. The van der Waals surface area contributed by atoms with Crippen LogP contribution in [0.15, 0.2) is 59.8 Å². The number of aromatic nitrogens is 3. The summed E-state index contributed by atoms with van der Waals surface area (Å²) in [6.07, 6.45) is 4.53. The first-order chi connectivity index (χ1) is 15.6. The Balaban J connectivity index is 1.86. The summed E-state index contributed by atoms with van der Waals surface area (Å²) in [6, 6.07) is 18.2. The molecule has 0 bridgehead atoms. The van der Waals surface area contributed by atoms with Crippen molar-refractivity contribution >= 4 is 28.7 Å². The summed E-state index contributed by atoms with van der Waals surface area (Å²) in [7, 11) is 1.56.